The van der Waals surface area contributed by atoms with Crippen LogP contribution < -0.4 is 9.47 Å². The third kappa shape index (κ3) is 4.26. The van der Waals surface area contributed by atoms with Gasteiger partial charge in [-0.05, 0) is 42.0 Å². The fourth-order valence-electron chi connectivity index (χ4n) is 2.18. The molecule has 0 amide bonds. The highest BCUT2D eigenvalue weighted by molar-refractivity contribution is 7.71. The highest BCUT2D eigenvalue weighted by atomic mass is 35.5. The van der Waals surface area contributed by atoms with Gasteiger partial charge in [0, 0.05) is 10.6 Å². The van der Waals surface area contributed by atoms with Gasteiger partial charge in [-0.3, -0.25) is 5.10 Å². The Morgan fingerprint density at radius 1 is 1.32 bits per heavy atom. The quantitative estimate of drug-likeness (QED) is 0.522. The van der Waals surface area contributed by atoms with Crippen LogP contribution in [-0.4, -0.2) is 28.2 Å². The van der Waals surface area contributed by atoms with E-state index < -0.39 is 0 Å². The van der Waals surface area contributed by atoms with Gasteiger partial charge in [0.05, 0.1) is 13.3 Å². The number of aromatic amines is 1. The maximum atomic E-state index is 6.02. The Morgan fingerprint density at radius 2 is 2.16 bits per heavy atom. The third-order valence-corrected chi connectivity index (χ3v) is 3.87. The Bertz CT molecular complexity index is 952. The lowest BCUT2D eigenvalue weighted by atomic mass is 10.2. The van der Waals surface area contributed by atoms with Crippen LogP contribution in [0.2, 0.25) is 5.02 Å². The van der Waals surface area contributed by atoms with Gasteiger partial charge >= 0.3 is 0 Å². The van der Waals surface area contributed by atoms with Crippen molar-refractivity contribution < 1.29 is 9.47 Å². The second-order valence-electron chi connectivity index (χ2n) is 5.05. The summed E-state index contributed by atoms with van der Waals surface area (Å²) in [6, 6.07) is 13.1. The Hall–Kier alpha value is -2.64. The van der Waals surface area contributed by atoms with Crippen molar-refractivity contribution in [3.63, 3.8) is 0 Å². The number of nitrogens with zero attached hydrogens (tertiary/aromatic N) is 3. The van der Waals surface area contributed by atoms with E-state index in [0.29, 0.717) is 27.9 Å². The van der Waals surface area contributed by atoms with Crippen LogP contribution in [0.5, 0.6) is 11.5 Å². The summed E-state index contributed by atoms with van der Waals surface area (Å²) < 4.78 is 13.2. The summed E-state index contributed by atoms with van der Waals surface area (Å²) in [7, 11) is 1.59. The van der Waals surface area contributed by atoms with Gasteiger partial charge < -0.3 is 9.47 Å². The molecule has 0 spiro atoms. The number of hydrogen-bond donors (Lipinski definition) is 1. The Morgan fingerprint density at radius 3 is 2.88 bits per heavy atom. The van der Waals surface area contributed by atoms with Crippen molar-refractivity contribution in [3.05, 3.63) is 69.7 Å². The van der Waals surface area contributed by atoms with Crippen LogP contribution in [0.15, 0.2) is 53.9 Å². The first-order valence-corrected chi connectivity index (χ1v) is 8.16. The lowest BCUT2D eigenvalue weighted by Crippen LogP contribution is -2.01. The molecule has 0 aliphatic rings. The second kappa shape index (κ2) is 7.96. The van der Waals surface area contributed by atoms with Gasteiger partial charge in [-0.25, -0.2) is 0 Å². The van der Waals surface area contributed by atoms with E-state index in [-0.39, 0.29) is 0 Å². The van der Waals surface area contributed by atoms with Crippen LogP contribution in [0, 0.1) is 4.77 Å². The lowest BCUT2D eigenvalue weighted by Gasteiger charge is -2.13. The molecular formula is C17H15ClN4O2S. The number of hydrogen-bond acceptors (Lipinski definition) is 5. The molecule has 0 saturated heterocycles. The standard InChI is InChI=1S/C17H15ClN4O2S/c1-23-15-7-3-5-13(9-20-22-11-19-21-17(22)25)16(15)24-10-12-4-2-6-14(18)8-12/h2-9,11H,10H2,1H3,(H,21,25)/b20-9+. The van der Waals surface area contributed by atoms with E-state index >= 15 is 0 Å². The SMILES string of the molecule is COc1cccc(/C=N/n2cn[nH]c2=S)c1OCc1cccc(Cl)c1. The molecule has 3 rings (SSSR count). The molecule has 2 aromatic carbocycles. The fraction of sp³-hybridized carbons (Fsp3) is 0.118. The smallest absolute Gasteiger partial charge is 0.216 e. The molecule has 0 fully saturated rings. The normalized spacial score (nSPS) is 11.0. The van der Waals surface area contributed by atoms with Gasteiger partial charge in [-0.2, -0.15) is 14.9 Å². The molecule has 1 heterocycles. The number of H-pyrrole nitrogens is 1. The molecule has 6 nitrogen and oxygen atoms in total. The van der Waals surface area contributed by atoms with Gasteiger partial charge in [-0.1, -0.05) is 29.8 Å². The van der Waals surface area contributed by atoms with E-state index in [4.69, 9.17) is 33.3 Å². The molecule has 0 aliphatic heterocycles. The van der Waals surface area contributed by atoms with Crippen molar-refractivity contribution in [1.29, 1.82) is 0 Å². The highest BCUT2D eigenvalue weighted by Gasteiger charge is 2.10. The van der Waals surface area contributed by atoms with Crippen LogP contribution in [-0.2, 0) is 6.61 Å². The molecule has 0 aliphatic carbocycles. The largest absolute Gasteiger partial charge is 0.493 e. The molecule has 3 aromatic rings. The van der Waals surface area contributed by atoms with E-state index in [0.717, 1.165) is 11.1 Å². The monoisotopic (exact) mass is 374 g/mol. The van der Waals surface area contributed by atoms with Crippen molar-refractivity contribution in [2.24, 2.45) is 5.10 Å². The Balaban J connectivity index is 1.87. The first-order valence-electron chi connectivity index (χ1n) is 7.38. The van der Waals surface area contributed by atoms with Crippen molar-refractivity contribution in [3.8, 4) is 11.5 Å². The molecule has 8 heteroatoms. The Labute approximate surface area is 154 Å². The van der Waals surface area contributed by atoms with Gasteiger partial charge in [-0.15, -0.1) is 0 Å². The summed E-state index contributed by atoms with van der Waals surface area (Å²) in [5.74, 6) is 1.20. The summed E-state index contributed by atoms with van der Waals surface area (Å²) >= 11 is 11.1. The van der Waals surface area contributed by atoms with E-state index in [1.54, 1.807) is 13.3 Å². The summed E-state index contributed by atoms with van der Waals surface area (Å²) in [5.41, 5.74) is 1.71. The first-order chi connectivity index (χ1) is 12.2. The van der Waals surface area contributed by atoms with E-state index in [2.05, 4.69) is 15.3 Å². The molecule has 1 N–H and O–H groups in total. The van der Waals surface area contributed by atoms with Crippen LogP contribution >= 0.6 is 23.8 Å². The molecule has 0 unspecified atom stereocenters. The predicted molar refractivity (Wildman–Crippen MR) is 99.2 cm³/mol. The maximum absolute atomic E-state index is 6.02. The zero-order chi connectivity index (χ0) is 17.6. The number of aromatic nitrogens is 3. The van der Waals surface area contributed by atoms with E-state index in [1.807, 2.05) is 42.5 Å². The first kappa shape index (κ1) is 17.2. The molecule has 0 bridgehead atoms. The van der Waals surface area contributed by atoms with E-state index in [9.17, 15) is 0 Å². The van der Waals surface area contributed by atoms with Crippen LogP contribution in [0.4, 0.5) is 0 Å². The minimum Gasteiger partial charge on any atom is -0.493 e. The number of rotatable bonds is 6. The zero-order valence-corrected chi connectivity index (χ0v) is 14.9. The van der Waals surface area contributed by atoms with Gasteiger partial charge in [0.2, 0.25) is 4.77 Å². The van der Waals surface area contributed by atoms with Crippen LogP contribution in [0.1, 0.15) is 11.1 Å². The average molecular weight is 375 g/mol. The molecule has 128 valence electrons. The average Bonchev–Trinajstić information content (AvgIpc) is 3.03. The molecule has 25 heavy (non-hydrogen) atoms. The number of halogens is 1. The Kier molecular flexibility index (Phi) is 5.47. The molecule has 1 aromatic heterocycles. The summed E-state index contributed by atoms with van der Waals surface area (Å²) in [6.45, 7) is 0.354. The van der Waals surface area contributed by atoms with Gasteiger partial charge in [0.15, 0.2) is 11.5 Å². The zero-order valence-electron chi connectivity index (χ0n) is 13.3. The molecule has 0 saturated carbocycles. The fourth-order valence-corrected chi connectivity index (χ4v) is 2.54. The number of ether oxygens (including phenoxy) is 2. The van der Waals surface area contributed by atoms with Gasteiger partial charge in [0.25, 0.3) is 0 Å². The highest BCUT2D eigenvalue weighted by Crippen LogP contribution is 2.31. The molecule has 0 radical (unpaired) electrons. The number of benzene rings is 2. The summed E-state index contributed by atoms with van der Waals surface area (Å²) in [6.07, 6.45) is 3.13. The van der Waals surface area contributed by atoms with Crippen LogP contribution in [0.25, 0.3) is 0 Å². The van der Waals surface area contributed by atoms with Crippen molar-refractivity contribution in [1.82, 2.24) is 14.9 Å². The van der Waals surface area contributed by atoms with Gasteiger partial charge in [0.1, 0.15) is 12.9 Å². The second-order valence-corrected chi connectivity index (χ2v) is 5.87. The van der Waals surface area contributed by atoms with Crippen molar-refractivity contribution >= 4 is 30.0 Å². The van der Waals surface area contributed by atoms with E-state index in [1.165, 1.54) is 11.0 Å². The molecule has 0 atom stereocenters. The van der Waals surface area contributed by atoms with Crippen molar-refractivity contribution in [2.75, 3.05) is 7.11 Å². The van der Waals surface area contributed by atoms with Crippen molar-refractivity contribution in [2.45, 2.75) is 6.61 Å². The molecular weight excluding hydrogens is 360 g/mol. The number of para-hydroxylation sites is 1. The summed E-state index contributed by atoms with van der Waals surface area (Å²) in [4.78, 5) is 0. The number of nitrogens with one attached hydrogen (secondary N) is 1. The summed E-state index contributed by atoms with van der Waals surface area (Å²) in [5, 5.41) is 11.4. The minimum atomic E-state index is 0.354. The topological polar surface area (TPSA) is 64.4 Å². The predicted octanol–water partition coefficient (Wildman–Crippen LogP) is 4.06. The number of methoxy groups -OCH3 is 1. The lowest BCUT2D eigenvalue weighted by molar-refractivity contribution is 0.284. The third-order valence-electron chi connectivity index (χ3n) is 3.36. The maximum Gasteiger partial charge on any atom is 0.216 e. The minimum absolute atomic E-state index is 0.354. The van der Waals surface area contributed by atoms with Crippen LogP contribution in [0.3, 0.4) is 0 Å².